The van der Waals surface area contributed by atoms with Gasteiger partial charge in [-0.1, -0.05) is 48.5 Å². The lowest BCUT2D eigenvalue weighted by Gasteiger charge is -2.10. The molecule has 0 spiro atoms. The van der Waals surface area contributed by atoms with Gasteiger partial charge in [-0.2, -0.15) is 0 Å². The molecular formula is C16H14O3. The molecule has 0 saturated heterocycles. The fourth-order valence-electron chi connectivity index (χ4n) is 1.56. The molecule has 0 atom stereocenters. The van der Waals surface area contributed by atoms with Crippen molar-refractivity contribution in [1.82, 2.24) is 0 Å². The summed E-state index contributed by atoms with van der Waals surface area (Å²) in [6, 6.07) is 18.7. The molecule has 0 saturated carbocycles. The fraction of sp³-hybridized carbons (Fsp3) is 0.0625. The van der Waals surface area contributed by atoms with Crippen molar-refractivity contribution in [2.75, 3.05) is 7.11 Å². The first-order valence-electron chi connectivity index (χ1n) is 5.87. The largest absolute Gasteiger partial charge is 0.466 e. The van der Waals surface area contributed by atoms with E-state index >= 15 is 0 Å². The van der Waals surface area contributed by atoms with Gasteiger partial charge >= 0.3 is 5.97 Å². The Hall–Kier alpha value is -2.55. The van der Waals surface area contributed by atoms with E-state index in [9.17, 15) is 4.79 Å². The van der Waals surface area contributed by atoms with Crippen molar-refractivity contribution >= 4 is 11.7 Å². The van der Waals surface area contributed by atoms with Crippen molar-refractivity contribution in [2.45, 2.75) is 0 Å². The van der Waals surface area contributed by atoms with Crippen molar-refractivity contribution in [1.29, 1.82) is 0 Å². The molecule has 0 aliphatic heterocycles. The van der Waals surface area contributed by atoms with Crippen LogP contribution >= 0.6 is 0 Å². The standard InChI is InChI=1S/C16H14O3/c1-18-16(17)12-15(13-8-4-2-5-9-13)19-14-10-6-3-7-11-14/h2-12H,1H3/b15-12+. The summed E-state index contributed by atoms with van der Waals surface area (Å²) in [5, 5.41) is 0. The number of para-hydroxylation sites is 1. The maximum absolute atomic E-state index is 11.4. The summed E-state index contributed by atoms with van der Waals surface area (Å²) in [7, 11) is 1.34. The number of esters is 1. The Kier molecular flexibility index (Phi) is 4.34. The maximum Gasteiger partial charge on any atom is 0.334 e. The quantitative estimate of drug-likeness (QED) is 0.477. The van der Waals surface area contributed by atoms with E-state index in [-0.39, 0.29) is 0 Å². The van der Waals surface area contributed by atoms with Gasteiger partial charge in [0.05, 0.1) is 13.2 Å². The van der Waals surface area contributed by atoms with Gasteiger partial charge in [-0.25, -0.2) is 4.79 Å². The minimum Gasteiger partial charge on any atom is -0.466 e. The summed E-state index contributed by atoms with van der Waals surface area (Å²) in [6.07, 6.45) is 1.34. The molecule has 96 valence electrons. The first-order chi connectivity index (χ1) is 9.29. The first-order valence-corrected chi connectivity index (χ1v) is 5.87. The zero-order valence-corrected chi connectivity index (χ0v) is 10.6. The van der Waals surface area contributed by atoms with Crippen LogP contribution in [0.15, 0.2) is 66.7 Å². The summed E-state index contributed by atoms with van der Waals surface area (Å²) in [5.41, 5.74) is 0.816. The Bertz CT molecular complexity index is 559. The molecule has 0 bridgehead atoms. The highest BCUT2D eigenvalue weighted by Crippen LogP contribution is 2.20. The van der Waals surface area contributed by atoms with E-state index in [1.54, 1.807) is 0 Å². The molecule has 0 aliphatic rings. The molecule has 2 aromatic rings. The SMILES string of the molecule is COC(=O)/C=C(/Oc1ccccc1)c1ccccc1. The van der Waals surface area contributed by atoms with Crippen LogP contribution in [0.1, 0.15) is 5.56 Å². The molecule has 3 nitrogen and oxygen atoms in total. The molecule has 0 unspecified atom stereocenters. The van der Waals surface area contributed by atoms with Crippen LogP contribution in [0, 0.1) is 0 Å². The van der Waals surface area contributed by atoms with Gasteiger partial charge in [0.2, 0.25) is 0 Å². The lowest BCUT2D eigenvalue weighted by atomic mass is 10.2. The summed E-state index contributed by atoms with van der Waals surface area (Å²) in [5.74, 6) is 0.676. The van der Waals surface area contributed by atoms with Crippen LogP contribution in [0.2, 0.25) is 0 Å². The highest BCUT2D eigenvalue weighted by Gasteiger charge is 2.07. The van der Waals surface area contributed by atoms with E-state index in [1.807, 2.05) is 60.7 Å². The Balaban J connectivity index is 2.30. The van der Waals surface area contributed by atoms with E-state index in [0.717, 1.165) is 5.56 Å². The van der Waals surface area contributed by atoms with Gasteiger partial charge in [-0.05, 0) is 12.1 Å². The maximum atomic E-state index is 11.4. The van der Waals surface area contributed by atoms with Crippen molar-refractivity contribution < 1.29 is 14.3 Å². The van der Waals surface area contributed by atoms with Crippen molar-refractivity contribution in [3.8, 4) is 5.75 Å². The first kappa shape index (κ1) is 12.9. The Morgan fingerprint density at radius 3 is 2.11 bits per heavy atom. The van der Waals surface area contributed by atoms with E-state index in [2.05, 4.69) is 4.74 Å². The third kappa shape index (κ3) is 3.71. The normalized spacial score (nSPS) is 10.9. The van der Waals surface area contributed by atoms with E-state index in [1.165, 1.54) is 13.2 Å². The van der Waals surface area contributed by atoms with Crippen LogP contribution in [0.5, 0.6) is 5.75 Å². The Morgan fingerprint density at radius 1 is 0.947 bits per heavy atom. The predicted octanol–water partition coefficient (Wildman–Crippen LogP) is 3.28. The minimum absolute atomic E-state index is 0.449. The predicted molar refractivity (Wildman–Crippen MR) is 73.5 cm³/mol. The lowest BCUT2D eigenvalue weighted by Crippen LogP contribution is -2.01. The molecule has 3 heteroatoms. The lowest BCUT2D eigenvalue weighted by molar-refractivity contribution is -0.134. The second-order valence-electron chi connectivity index (χ2n) is 3.81. The number of carbonyl (C=O) groups excluding carboxylic acids is 1. The number of hydrogen-bond donors (Lipinski definition) is 0. The molecule has 0 radical (unpaired) electrons. The molecule has 0 aromatic heterocycles. The second kappa shape index (κ2) is 6.40. The van der Waals surface area contributed by atoms with Crippen LogP contribution in [0.25, 0.3) is 5.76 Å². The van der Waals surface area contributed by atoms with E-state index in [4.69, 9.17) is 4.74 Å². The van der Waals surface area contributed by atoms with Gasteiger partial charge in [-0.3, -0.25) is 0 Å². The van der Waals surface area contributed by atoms with Gasteiger partial charge in [0.25, 0.3) is 0 Å². The molecule has 0 heterocycles. The average Bonchev–Trinajstić information content (AvgIpc) is 2.48. The molecule has 0 amide bonds. The van der Waals surface area contributed by atoms with Crippen LogP contribution < -0.4 is 4.74 Å². The highest BCUT2D eigenvalue weighted by molar-refractivity contribution is 5.90. The molecule has 0 aliphatic carbocycles. The van der Waals surface area contributed by atoms with Crippen LogP contribution in [0.3, 0.4) is 0 Å². The number of ether oxygens (including phenoxy) is 2. The average molecular weight is 254 g/mol. The monoisotopic (exact) mass is 254 g/mol. The summed E-state index contributed by atoms with van der Waals surface area (Å²) in [6.45, 7) is 0. The van der Waals surface area contributed by atoms with Crippen molar-refractivity contribution in [2.24, 2.45) is 0 Å². The van der Waals surface area contributed by atoms with Gasteiger partial charge in [0.15, 0.2) is 0 Å². The molecule has 0 fully saturated rings. The zero-order valence-electron chi connectivity index (χ0n) is 10.6. The fourth-order valence-corrected chi connectivity index (χ4v) is 1.56. The van der Waals surface area contributed by atoms with Gasteiger partial charge in [-0.15, -0.1) is 0 Å². The molecule has 2 aromatic carbocycles. The highest BCUT2D eigenvalue weighted by atomic mass is 16.5. The van der Waals surface area contributed by atoms with Crippen LogP contribution in [0.4, 0.5) is 0 Å². The molecule has 2 rings (SSSR count). The third-order valence-electron chi connectivity index (χ3n) is 2.48. The summed E-state index contributed by atoms with van der Waals surface area (Å²) < 4.78 is 10.4. The number of carbonyl (C=O) groups is 1. The smallest absolute Gasteiger partial charge is 0.334 e. The third-order valence-corrected chi connectivity index (χ3v) is 2.48. The molecule has 0 N–H and O–H groups in total. The van der Waals surface area contributed by atoms with Crippen molar-refractivity contribution in [3.63, 3.8) is 0 Å². The van der Waals surface area contributed by atoms with Crippen LogP contribution in [-0.4, -0.2) is 13.1 Å². The van der Waals surface area contributed by atoms with E-state index < -0.39 is 5.97 Å². The summed E-state index contributed by atoms with van der Waals surface area (Å²) >= 11 is 0. The van der Waals surface area contributed by atoms with Crippen molar-refractivity contribution in [3.05, 3.63) is 72.3 Å². The number of methoxy groups -OCH3 is 1. The topological polar surface area (TPSA) is 35.5 Å². The van der Waals surface area contributed by atoms with Gasteiger partial charge in [0.1, 0.15) is 11.5 Å². The van der Waals surface area contributed by atoms with Crippen LogP contribution in [-0.2, 0) is 9.53 Å². The zero-order chi connectivity index (χ0) is 13.5. The van der Waals surface area contributed by atoms with Gasteiger partial charge < -0.3 is 9.47 Å². The number of benzene rings is 2. The minimum atomic E-state index is -0.449. The molecular weight excluding hydrogens is 240 g/mol. The van der Waals surface area contributed by atoms with Gasteiger partial charge in [0, 0.05) is 5.56 Å². The Labute approximate surface area is 112 Å². The second-order valence-corrected chi connectivity index (χ2v) is 3.81. The Morgan fingerprint density at radius 2 is 1.53 bits per heavy atom. The molecule has 19 heavy (non-hydrogen) atoms. The number of rotatable bonds is 4. The van der Waals surface area contributed by atoms with E-state index in [0.29, 0.717) is 11.5 Å². The summed E-state index contributed by atoms with van der Waals surface area (Å²) in [4.78, 5) is 11.4. The number of hydrogen-bond acceptors (Lipinski definition) is 3.